The lowest BCUT2D eigenvalue weighted by atomic mass is 9.78. The molecule has 0 spiro atoms. The van der Waals surface area contributed by atoms with Gasteiger partial charge >= 0.3 is 12.1 Å². The smallest absolute Gasteiger partial charge is 0.392 e. The Morgan fingerprint density at radius 3 is 2.45 bits per heavy atom. The van der Waals surface area contributed by atoms with Crippen LogP contribution in [0.3, 0.4) is 0 Å². The van der Waals surface area contributed by atoms with Crippen LogP contribution in [0.15, 0.2) is 0 Å². The molecule has 1 fully saturated rings. The predicted octanol–water partition coefficient (Wildman–Crippen LogP) is 1.01. The van der Waals surface area contributed by atoms with E-state index in [0.29, 0.717) is 12.8 Å². The quantitative estimate of drug-likeness (QED) is 0.759. The van der Waals surface area contributed by atoms with Crippen LogP contribution in [0.5, 0.6) is 0 Å². The van der Waals surface area contributed by atoms with Crippen LogP contribution in [0.1, 0.15) is 25.7 Å². The van der Waals surface area contributed by atoms with Gasteiger partial charge in [-0.25, -0.2) is 4.79 Å². The van der Waals surface area contributed by atoms with E-state index in [1.165, 1.54) is 0 Å². The van der Waals surface area contributed by atoms with Gasteiger partial charge in [0.15, 0.2) is 6.04 Å². The molecule has 3 unspecified atom stereocenters. The van der Waals surface area contributed by atoms with Gasteiger partial charge in [0.1, 0.15) is 0 Å². The number of rotatable bonds is 4. The molecule has 0 bridgehead atoms. The molecule has 8 heteroatoms. The number of carbonyl (C=O) groups excluding carboxylic acids is 2. The van der Waals surface area contributed by atoms with Crippen molar-refractivity contribution in [1.29, 1.82) is 0 Å². The van der Waals surface area contributed by atoms with Gasteiger partial charge in [-0.1, -0.05) is 12.8 Å². The molecule has 2 N–H and O–H groups in total. The Morgan fingerprint density at radius 2 is 1.95 bits per heavy atom. The van der Waals surface area contributed by atoms with Crippen molar-refractivity contribution < 1.29 is 32.6 Å². The summed E-state index contributed by atoms with van der Waals surface area (Å²) in [7, 11) is 1.07. The van der Waals surface area contributed by atoms with Gasteiger partial charge in [0, 0.05) is 5.92 Å². The van der Waals surface area contributed by atoms with E-state index in [2.05, 4.69) is 10.1 Å². The Balaban J connectivity index is 2.75. The average molecular weight is 297 g/mol. The molecule has 0 aromatic carbocycles. The van der Waals surface area contributed by atoms with E-state index in [-0.39, 0.29) is 12.8 Å². The number of nitrogens with one attached hydrogen (secondary N) is 1. The highest BCUT2D eigenvalue weighted by molar-refractivity contribution is 5.86. The Labute approximate surface area is 114 Å². The van der Waals surface area contributed by atoms with Crippen LogP contribution in [-0.2, 0) is 14.3 Å². The summed E-state index contributed by atoms with van der Waals surface area (Å²) in [5.74, 6) is -4.67. The number of alkyl halides is 3. The first kappa shape index (κ1) is 16.7. The van der Waals surface area contributed by atoms with Crippen LogP contribution in [0.4, 0.5) is 13.2 Å². The third kappa shape index (κ3) is 4.09. The number of ether oxygens (including phenoxy) is 1. The van der Waals surface area contributed by atoms with Crippen LogP contribution in [0, 0.1) is 11.8 Å². The van der Waals surface area contributed by atoms with Gasteiger partial charge in [0.2, 0.25) is 5.91 Å². The number of hydrogen-bond donors (Lipinski definition) is 2. The molecule has 1 rings (SSSR count). The standard InChI is InChI=1S/C12H18F3NO4/c1-20-11(19)9(6-17)16-10(18)7-4-2-3-5-8(7)12(13,14)15/h7-9,17H,2-6H2,1H3,(H,16,18). The normalized spacial score (nSPS) is 24.9. The van der Waals surface area contributed by atoms with Crippen LogP contribution >= 0.6 is 0 Å². The Morgan fingerprint density at radius 1 is 1.35 bits per heavy atom. The van der Waals surface area contributed by atoms with Gasteiger partial charge in [-0.2, -0.15) is 13.2 Å². The number of methoxy groups -OCH3 is 1. The predicted molar refractivity (Wildman–Crippen MR) is 62.5 cm³/mol. The van der Waals surface area contributed by atoms with Crippen LogP contribution in [0.2, 0.25) is 0 Å². The topological polar surface area (TPSA) is 75.6 Å². The number of halogens is 3. The van der Waals surface area contributed by atoms with Gasteiger partial charge < -0.3 is 15.2 Å². The van der Waals surface area contributed by atoms with E-state index in [1.54, 1.807) is 0 Å². The minimum atomic E-state index is -4.44. The van der Waals surface area contributed by atoms with E-state index in [4.69, 9.17) is 5.11 Å². The summed E-state index contributed by atoms with van der Waals surface area (Å²) in [5, 5.41) is 11.1. The maximum absolute atomic E-state index is 12.9. The summed E-state index contributed by atoms with van der Waals surface area (Å²) in [4.78, 5) is 23.1. The maximum Gasteiger partial charge on any atom is 0.392 e. The maximum atomic E-state index is 12.9. The third-order valence-corrected chi connectivity index (χ3v) is 3.51. The summed E-state index contributed by atoms with van der Waals surface area (Å²) < 4.78 is 43.0. The highest BCUT2D eigenvalue weighted by Crippen LogP contribution is 2.41. The van der Waals surface area contributed by atoms with Crippen molar-refractivity contribution in [1.82, 2.24) is 5.32 Å². The molecule has 0 saturated heterocycles. The van der Waals surface area contributed by atoms with Crippen molar-refractivity contribution in [3.05, 3.63) is 0 Å². The highest BCUT2D eigenvalue weighted by Gasteiger charge is 2.48. The summed E-state index contributed by atoms with van der Waals surface area (Å²) in [5.41, 5.74) is 0. The van der Waals surface area contributed by atoms with E-state index in [1.807, 2.05) is 0 Å². The second-order valence-electron chi connectivity index (χ2n) is 4.81. The molecule has 116 valence electrons. The second-order valence-corrected chi connectivity index (χ2v) is 4.81. The molecule has 20 heavy (non-hydrogen) atoms. The van der Waals surface area contributed by atoms with Crippen molar-refractivity contribution in [3.8, 4) is 0 Å². The molecule has 3 atom stereocenters. The molecule has 0 aliphatic heterocycles. The van der Waals surface area contributed by atoms with Gasteiger partial charge in [0.25, 0.3) is 0 Å². The zero-order chi connectivity index (χ0) is 15.3. The number of amides is 1. The monoisotopic (exact) mass is 297 g/mol. The minimum absolute atomic E-state index is 0.0936. The molecule has 1 amide bonds. The number of hydrogen-bond acceptors (Lipinski definition) is 4. The zero-order valence-electron chi connectivity index (χ0n) is 11.1. The molecule has 1 saturated carbocycles. The molecule has 0 heterocycles. The molecular formula is C12H18F3NO4. The molecule has 0 aromatic heterocycles. The Bertz CT molecular complexity index is 359. The molecule has 1 aliphatic carbocycles. The van der Waals surface area contributed by atoms with E-state index in [0.717, 1.165) is 7.11 Å². The SMILES string of the molecule is COC(=O)C(CO)NC(=O)C1CCCCC1C(F)(F)F. The third-order valence-electron chi connectivity index (χ3n) is 3.51. The lowest BCUT2D eigenvalue weighted by Crippen LogP contribution is -2.50. The van der Waals surface area contributed by atoms with Crippen molar-refractivity contribution in [3.63, 3.8) is 0 Å². The minimum Gasteiger partial charge on any atom is -0.467 e. The number of aliphatic hydroxyl groups excluding tert-OH is 1. The van der Waals surface area contributed by atoms with E-state index in [9.17, 15) is 22.8 Å². The van der Waals surface area contributed by atoms with Crippen molar-refractivity contribution in [2.75, 3.05) is 13.7 Å². The zero-order valence-corrected chi connectivity index (χ0v) is 11.1. The first-order valence-electron chi connectivity index (χ1n) is 6.37. The van der Waals surface area contributed by atoms with Crippen LogP contribution in [-0.4, -0.2) is 42.9 Å². The lowest BCUT2D eigenvalue weighted by Gasteiger charge is -2.32. The Hall–Kier alpha value is -1.31. The van der Waals surface area contributed by atoms with Crippen molar-refractivity contribution in [2.24, 2.45) is 11.8 Å². The van der Waals surface area contributed by atoms with Crippen LogP contribution in [0.25, 0.3) is 0 Å². The fourth-order valence-corrected chi connectivity index (χ4v) is 2.44. The van der Waals surface area contributed by atoms with Crippen LogP contribution < -0.4 is 5.32 Å². The fraction of sp³-hybridized carbons (Fsp3) is 0.833. The van der Waals surface area contributed by atoms with Crippen molar-refractivity contribution >= 4 is 11.9 Å². The van der Waals surface area contributed by atoms with Gasteiger partial charge in [-0.15, -0.1) is 0 Å². The van der Waals surface area contributed by atoms with Crippen molar-refractivity contribution in [2.45, 2.75) is 37.9 Å². The van der Waals surface area contributed by atoms with Gasteiger partial charge in [-0.3, -0.25) is 4.79 Å². The summed E-state index contributed by atoms with van der Waals surface area (Å²) in [6.07, 6.45) is -3.46. The van der Waals surface area contributed by atoms with E-state index < -0.39 is 42.5 Å². The largest absolute Gasteiger partial charge is 0.467 e. The highest BCUT2D eigenvalue weighted by atomic mass is 19.4. The summed E-state index contributed by atoms with van der Waals surface area (Å²) >= 11 is 0. The fourth-order valence-electron chi connectivity index (χ4n) is 2.44. The first-order valence-corrected chi connectivity index (χ1v) is 6.37. The molecule has 5 nitrogen and oxygen atoms in total. The van der Waals surface area contributed by atoms with Gasteiger partial charge in [0.05, 0.1) is 19.6 Å². The molecular weight excluding hydrogens is 279 g/mol. The summed E-state index contributed by atoms with van der Waals surface area (Å²) in [6, 6.07) is -1.33. The lowest BCUT2D eigenvalue weighted by molar-refractivity contribution is -0.198. The molecule has 0 aromatic rings. The first-order chi connectivity index (χ1) is 9.31. The molecule has 0 radical (unpaired) electrons. The van der Waals surface area contributed by atoms with E-state index >= 15 is 0 Å². The average Bonchev–Trinajstić information content (AvgIpc) is 2.42. The number of aliphatic hydroxyl groups is 1. The molecule has 1 aliphatic rings. The second kappa shape index (κ2) is 6.92. The Kier molecular flexibility index (Phi) is 5.79. The number of carbonyl (C=O) groups is 2. The summed E-state index contributed by atoms with van der Waals surface area (Å²) in [6.45, 7) is -0.720. The number of esters is 1. The van der Waals surface area contributed by atoms with Gasteiger partial charge in [-0.05, 0) is 12.8 Å².